The molecule has 0 amide bonds. The summed E-state index contributed by atoms with van der Waals surface area (Å²) in [6, 6.07) is 13.3. The normalized spacial score (nSPS) is 16.1. The average Bonchev–Trinajstić information content (AvgIpc) is 3.35. The van der Waals surface area contributed by atoms with Crippen LogP contribution in [0.25, 0.3) is 10.6 Å². The van der Waals surface area contributed by atoms with Crippen molar-refractivity contribution in [2.75, 3.05) is 18.0 Å². The van der Waals surface area contributed by atoms with Gasteiger partial charge in [-0.1, -0.05) is 47.7 Å². The van der Waals surface area contributed by atoms with E-state index in [2.05, 4.69) is 19.8 Å². The summed E-state index contributed by atoms with van der Waals surface area (Å²) in [6.45, 7) is 1.53. The zero-order valence-electron chi connectivity index (χ0n) is 13.9. The van der Waals surface area contributed by atoms with Gasteiger partial charge in [0, 0.05) is 24.7 Å². The Balaban J connectivity index is 1.38. The molecule has 4 rings (SSSR count). The number of aromatic nitrogens is 2. The average molecular weight is 407 g/mol. The highest BCUT2D eigenvalue weighted by Crippen LogP contribution is 2.30. The van der Waals surface area contributed by atoms with Crippen LogP contribution >= 0.6 is 22.7 Å². The Bertz CT molecular complexity index is 947. The van der Waals surface area contributed by atoms with Crippen LogP contribution in [0.2, 0.25) is 0 Å². The number of benzene rings is 1. The van der Waals surface area contributed by atoms with Crippen LogP contribution in [0, 0.1) is 0 Å². The molecule has 6 nitrogen and oxygen atoms in total. The summed E-state index contributed by atoms with van der Waals surface area (Å²) in [5.74, 6) is 0. The molecule has 2 aromatic heterocycles. The molecule has 3 heterocycles. The number of nitrogens with zero attached hydrogens (tertiary/aromatic N) is 3. The molecule has 1 saturated heterocycles. The number of hydrogen-bond acceptors (Lipinski definition) is 7. The second kappa shape index (κ2) is 7.43. The SMILES string of the molecule is O=S(=O)(NC1CCN(c2nnc(-c3ccccc3)s2)CC1)c1cccs1. The summed E-state index contributed by atoms with van der Waals surface area (Å²) in [6.07, 6.45) is 1.51. The van der Waals surface area contributed by atoms with Crippen molar-refractivity contribution < 1.29 is 8.42 Å². The predicted molar refractivity (Wildman–Crippen MR) is 105 cm³/mol. The molecule has 0 atom stereocenters. The minimum absolute atomic E-state index is 0.0418. The third-order valence-electron chi connectivity index (χ3n) is 4.28. The molecule has 26 heavy (non-hydrogen) atoms. The van der Waals surface area contributed by atoms with Gasteiger partial charge < -0.3 is 4.90 Å². The number of hydrogen-bond donors (Lipinski definition) is 1. The van der Waals surface area contributed by atoms with Gasteiger partial charge in [-0.15, -0.1) is 21.5 Å². The van der Waals surface area contributed by atoms with Crippen molar-refractivity contribution in [3.63, 3.8) is 0 Å². The summed E-state index contributed by atoms with van der Waals surface area (Å²) in [5, 5.41) is 12.2. The Hall–Kier alpha value is -1.81. The topological polar surface area (TPSA) is 75.2 Å². The number of nitrogens with one attached hydrogen (secondary N) is 1. The molecule has 0 saturated carbocycles. The van der Waals surface area contributed by atoms with Crippen molar-refractivity contribution in [1.82, 2.24) is 14.9 Å². The smallest absolute Gasteiger partial charge is 0.250 e. The lowest BCUT2D eigenvalue weighted by Crippen LogP contribution is -2.44. The van der Waals surface area contributed by atoms with Gasteiger partial charge in [-0.05, 0) is 24.3 Å². The maximum Gasteiger partial charge on any atom is 0.250 e. The van der Waals surface area contributed by atoms with Crippen LogP contribution in [-0.2, 0) is 10.0 Å². The minimum atomic E-state index is -3.41. The van der Waals surface area contributed by atoms with Crippen LogP contribution in [0.1, 0.15) is 12.8 Å². The van der Waals surface area contributed by atoms with Gasteiger partial charge >= 0.3 is 0 Å². The lowest BCUT2D eigenvalue weighted by Gasteiger charge is -2.31. The molecule has 0 spiro atoms. The zero-order chi connectivity index (χ0) is 18.0. The van der Waals surface area contributed by atoms with Crippen LogP contribution in [-0.4, -0.2) is 37.7 Å². The van der Waals surface area contributed by atoms with Gasteiger partial charge in [0.1, 0.15) is 9.22 Å². The van der Waals surface area contributed by atoms with Crippen LogP contribution < -0.4 is 9.62 Å². The van der Waals surface area contributed by atoms with E-state index in [1.54, 1.807) is 28.8 Å². The Kier molecular flexibility index (Phi) is 5.03. The van der Waals surface area contributed by atoms with Gasteiger partial charge in [0.15, 0.2) is 0 Å². The quantitative estimate of drug-likeness (QED) is 0.704. The van der Waals surface area contributed by atoms with Crippen molar-refractivity contribution in [3.05, 3.63) is 47.8 Å². The second-order valence-corrected chi connectivity index (χ2v) is 9.91. The second-order valence-electron chi connectivity index (χ2n) is 6.07. The van der Waals surface area contributed by atoms with E-state index in [0.29, 0.717) is 4.21 Å². The van der Waals surface area contributed by atoms with E-state index in [1.807, 2.05) is 30.3 Å². The van der Waals surface area contributed by atoms with Crippen LogP contribution in [0.5, 0.6) is 0 Å². The molecule has 9 heteroatoms. The van der Waals surface area contributed by atoms with Crippen LogP contribution in [0.4, 0.5) is 5.13 Å². The molecular weight excluding hydrogens is 388 g/mol. The molecule has 136 valence electrons. The molecule has 0 aliphatic carbocycles. The molecule has 1 aliphatic rings. The Morgan fingerprint density at radius 3 is 2.50 bits per heavy atom. The van der Waals surface area contributed by atoms with Gasteiger partial charge in [0.2, 0.25) is 15.2 Å². The van der Waals surface area contributed by atoms with Crippen molar-refractivity contribution in [1.29, 1.82) is 0 Å². The van der Waals surface area contributed by atoms with E-state index in [-0.39, 0.29) is 6.04 Å². The number of sulfonamides is 1. The number of rotatable bonds is 5. The first-order valence-electron chi connectivity index (χ1n) is 8.31. The first kappa shape index (κ1) is 17.6. The monoisotopic (exact) mass is 406 g/mol. The first-order chi connectivity index (χ1) is 12.6. The largest absolute Gasteiger partial charge is 0.347 e. The fraction of sp³-hybridized carbons (Fsp3) is 0.294. The lowest BCUT2D eigenvalue weighted by molar-refractivity contribution is 0.460. The fourth-order valence-corrected chi connectivity index (χ4v) is 6.14. The number of anilines is 1. The van der Waals surface area contributed by atoms with E-state index in [9.17, 15) is 8.42 Å². The van der Waals surface area contributed by atoms with Gasteiger partial charge in [0.05, 0.1) is 0 Å². The molecule has 0 radical (unpaired) electrons. The molecule has 1 fully saturated rings. The maximum absolute atomic E-state index is 12.3. The van der Waals surface area contributed by atoms with Crippen molar-refractivity contribution >= 4 is 37.8 Å². The zero-order valence-corrected chi connectivity index (χ0v) is 16.4. The van der Waals surface area contributed by atoms with E-state index >= 15 is 0 Å². The predicted octanol–water partition coefficient (Wildman–Crippen LogP) is 3.21. The van der Waals surface area contributed by atoms with Crippen LogP contribution in [0.15, 0.2) is 52.1 Å². The maximum atomic E-state index is 12.3. The Morgan fingerprint density at radius 1 is 1.04 bits per heavy atom. The lowest BCUT2D eigenvalue weighted by atomic mass is 10.1. The minimum Gasteiger partial charge on any atom is -0.347 e. The molecular formula is C17H18N4O2S3. The molecule has 1 aliphatic heterocycles. The Labute approximate surface area is 160 Å². The summed E-state index contributed by atoms with van der Waals surface area (Å²) >= 11 is 2.81. The summed E-state index contributed by atoms with van der Waals surface area (Å²) in [7, 11) is -3.41. The Morgan fingerprint density at radius 2 is 1.81 bits per heavy atom. The van der Waals surface area contributed by atoms with Crippen molar-refractivity contribution in [3.8, 4) is 10.6 Å². The number of piperidine rings is 1. The summed E-state index contributed by atoms with van der Waals surface area (Å²) < 4.78 is 27.9. The third kappa shape index (κ3) is 3.80. The van der Waals surface area contributed by atoms with E-state index in [1.165, 1.54) is 11.3 Å². The molecule has 3 aromatic rings. The molecule has 0 bridgehead atoms. The van der Waals surface area contributed by atoms with E-state index < -0.39 is 10.0 Å². The van der Waals surface area contributed by atoms with Gasteiger partial charge in [0.25, 0.3) is 0 Å². The highest BCUT2D eigenvalue weighted by Gasteiger charge is 2.26. The van der Waals surface area contributed by atoms with Gasteiger partial charge in [-0.3, -0.25) is 0 Å². The van der Waals surface area contributed by atoms with E-state index in [4.69, 9.17) is 0 Å². The molecule has 0 unspecified atom stereocenters. The molecule has 1 N–H and O–H groups in total. The van der Waals surface area contributed by atoms with E-state index in [0.717, 1.165) is 41.6 Å². The van der Waals surface area contributed by atoms with Crippen LogP contribution in [0.3, 0.4) is 0 Å². The highest BCUT2D eigenvalue weighted by atomic mass is 32.2. The fourth-order valence-electron chi connectivity index (χ4n) is 2.92. The standard InChI is InChI=1S/C17H18N4O2S3/c22-26(23,15-7-4-12-24-15)20-14-8-10-21(11-9-14)17-19-18-16(25-17)13-5-2-1-3-6-13/h1-7,12,14,20H,8-11H2. The summed E-state index contributed by atoms with van der Waals surface area (Å²) in [4.78, 5) is 2.18. The molecule has 1 aromatic carbocycles. The highest BCUT2D eigenvalue weighted by molar-refractivity contribution is 7.91. The van der Waals surface area contributed by atoms with Gasteiger partial charge in [-0.2, -0.15) is 0 Å². The summed E-state index contributed by atoms with van der Waals surface area (Å²) in [5.41, 5.74) is 1.06. The van der Waals surface area contributed by atoms with Crippen molar-refractivity contribution in [2.24, 2.45) is 0 Å². The third-order valence-corrected chi connectivity index (χ3v) is 8.23. The number of thiophene rings is 1. The first-order valence-corrected chi connectivity index (χ1v) is 11.5. The van der Waals surface area contributed by atoms with Crippen molar-refractivity contribution in [2.45, 2.75) is 23.1 Å². The van der Waals surface area contributed by atoms with Gasteiger partial charge in [-0.25, -0.2) is 13.1 Å².